The lowest BCUT2D eigenvalue weighted by molar-refractivity contribution is -0.108. The third-order valence-electron chi connectivity index (χ3n) is 10.4. The Morgan fingerprint density at radius 3 is 2.68 bits per heavy atom. The zero-order valence-electron chi connectivity index (χ0n) is 18.7. The number of allylic oxidation sites excluding steroid dienone is 1. The van der Waals surface area contributed by atoms with Crippen molar-refractivity contribution in [2.24, 2.45) is 40.4 Å². The zero-order chi connectivity index (χ0) is 20.2. The fourth-order valence-corrected chi connectivity index (χ4v) is 8.52. The van der Waals surface area contributed by atoms with Crippen LogP contribution in [0.25, 0.3) is 0 Å². The van der Waals surface area contributed by atoms with E-state index in [1.165, 1.54) is 38.5 Å². The van der Waals surface area contributed by atoms with Crippen molar-refractivity contribution in [2.75, 3.05) is 0 Å². The van der Waals surface area contributed by atoms with Gasteiger partial charge in [0.25, 0.3) is 0 Å². The maximum absolute atomic E-state index is 10.9. The predicted molar refractivity (Wildman–Crippen MR) is 115 cm³/mol. The molecule has 1 N–H and O–H groups in total. The monoisotopic (exact) mass is 386 g/mol. The first-order valence-electron chi connectivity index (χ1n) is 12.1. The van der Waals surface area contributed by atoms with Gasteiger partial charge in [0.1, 0.15) is 6.29 Å². The van der Waals surface area contributed by atoms with E-state index in [4.69, 9.17) is 0 Å². The summed E-state index contributed by atoms with van der Waals surface area (Å²) in [5.41, 5.74) is 1.94. The van der Waals surface area contributed by atoms with Gasteiger partial charge in [-0.05, 0) is 105 Å². The third kappa shape index (κ3) is 3.04. The van der Waals surface area contributed by atoms with Gasteiger partial charge in [-0.3, -0.25) is 0 Å². The lowest BCUT2D eigenvalue weighted by atomic mass is 9.46. The van der Waals surface area contributed by atoms with Gasteiger partial charge >= 0.3 is 0 Å². The van der Waals surface area contributed by atoms with Crippen LogP contribution in [0.15, 0.2) is 11.6 Å². The van der Waals surface area contributed by atoms with E-state index in [1.54, 1.807) is 5.57 Å². The first-order chi connectivity index (χ1) is 13.3. The SMILES string of the molecule is CCC1(O)CCC2(C)C(=CCC3C2CCC2(C)C(C(C)CCC=O)CCC32)C1. The summed E-state index contributed by atoms with van der Waals surface area (Å²) in [7, 11) is 0. The Kier molecular flexibility index (Phi) is 5.35. The first kappa shape index (κ1) is 20.6. The second kappa shape index (κ2) is 7.25. The minimum absolute atomic E-state index is 0.326. The van der Waals surface area contributed by atoms with Gasteiger partial charge in [-0.15, -0.1) is 0 Å². The van der Waals surface area contributed by atoms with Crippen LogP contribution in [0.1, 0.15) is 98.3 Å². The van der Waals surface area contributed by atoms with Crippen molar-refractivity contribution in [3.05, 3.63) is 11.6 Å². The van der Waals surface area contributed by atoms with E-state index in [1.807, 2.05) is 0 Å². The van der Waals surface area contributed by atoms with Gasteiger partial charge in [0.2, 0.25) is 0 Å². The molecule has 0 aromatic heterocycles. The van der Waals surface area contributed by atoms with Crippen molar-refractivity contribution in [1.82, 2.24) is 0 Å². The Balaban J connectivity index is 1.56. The number of aldehydes is 1. The largest absolute Gasteiger partial charge is 0.390 e. The fraction of sp³-hybridized carbons (Fsp3) is 0.885. The summed E-state index contributed by atoms with van der Waals surface area (Å²) in [5.74, 6) is 3.99. The molecule has 0 aromatic carbocycles. The second-order valence-corrected chi connectivity index (χ2v) is 11.5. The number of hydrogen-bond acceptors (Lipinski definition) is 2. The van der Waals surface area contributed by atoms with Crippen LogP contribution >= 0.6 is 0 Å². The van der Waals surface area contributed by atoms with E-state index < -0.39 is 5.60 Å². The van der Waals surface area contributed by atoms with E-state index in [0.717, 1.165) is 62.1 Å². The predicted octanol–water partition coefficient (Wildman–Crippen LogP) is 6.32. The smallest absolute Gasteiger partial charge is 0.120 e. The van der Waals surface area contributed by atoms with Crippen molar-refractivity contribution in [3.63, 3.8) is 0 Å². The van der Waals surface area contributed by atoms with Gasteiger partial charge in [0.15, 0.2) is 0 Å². The van der Waals surface area contributed by atoms with Crippen LogP contribution in [0.4, 0.5) is 0 Å². The van der Waals surface area contributed by atoms with Crippen LogP contribution in [0.2, 0.25) is 0 Å². The molecule has 0 amide bonds. The van der Waals surface area contributed by atoms with Crippen molar-refractivity contribution in [2.45, 2.75) is 104 Å². The van der Waals surface area contributed by atoms with Crippen LogP contribution in [0, 0.1) is 40.4 Å². The quantitative estimate of drug-likeness (QED) is 0.443. The van der Waals surface area contributed by atoms with Gasteiger partial charge < -0.3 is 9.90 Å². The molecule has 158 valence electrons. The van der Waals surface area contributed by atoms with E-state index in [0.29, 0.717) is 16.7 Å². The summed E-state index contributed by atoms with van der Waals surface area (Å²) in [6.45, 7) is 9.68. The Morgan fingerprint density at radius 1 is 1.18 bits per heavy atom. The standard InChI is InChI=1S/C26H42O2/c1-5-26(28)15-14-24(3)19(17-26)8-9-20-22-11-10-21(18(2)7-6-16-27)25(22,4)13-12-23(20)24/h8,16,18,20-23,28H,5-7,9-15,17H2,1-4H3. The molecule has 3 saturated carbocycles. The summed E-state index contributed by atoms with van der Waals surface area (Å²) in [4.78, 5) is 10.9. The van der Waals surface area contributed by atoms with Crippen molar-refractivity contribution in [3.8, 4) is 0 Å². The molecule has 0 saturated heterocycles. The first-order valence-corrected chi connectivity index (χ1v) is 12.1. The maximum Gasteiger partial charge on any atom is 0.120 e. The minimum atomic E-state index is -0.451. The van der Waals surface area contributed by atoms with Gasteiger partial charge in [0, 0.05) is 6.42 Å². The van der Waals surface area contributed by atoms with Crippen molar-refractivity contribution < 1.29 is 9.90 Å². The normalized spacial score (nSPS) is 48.8. The van der Waals surface area contributed by atoms with Gasteiger partial charge in [-0.25, -0.2) is 0 Å². The summed E-state index contributed by atoms with van der Waals surface area (Å²) >= 11 is 0. The third-order valence-corrected chi connectivity index (χ3v) is 10.4. The zero-order valence-corrected chi connectivity index (χ0v) is 18.7. The van der Waals surface area contributed by atoms with E-state index in [9.17, 15) is 9.90 Å². The number of carbonyl (C=O) groups is 1. The average molecular weight is 387 g/mol. The highest BCUT2D eigenvalue weighted by Gasteiger charge is 2.59. The van der Waals surface area contributed by atoms with Crippen LogP contribution in [-0.4, -0.2) is 17.0 Å². The molecule has 28 heavy (non-hydrogen) atoms. The highest BCUT2D eigenvalue weighted by atomic mass is 16.3. The van der Waals surface area contributed by atoms with Crippen LogP contribution in [0.5, 0.6) is 0 Å². The number of fused-ring (bicyclic) bond motifs is 5. The molecule has 0 radical (unpaired) electrons. The molecule has 8 atom stereocenters. The Morgan fingerprint density at radius 2 is 1.96 bits per heavy atom. The van der Waals surface area contributed by atoms with Gasteiger partial charge in [-0.2, -0.15) is 0 Å². The molecule has 0 aliphatic heterocycles. The topological polar surface area (TPSA) is 37.3 Å². The average Bonchev–Trinajstić information content (AvgIpc) is 3.04. The van der Waals surface area contributed by atoms with E-state index >= 15 is 0 Å². The molecule has 4 aliphatic rings. The van der Waals surface area contributed by atoms with Crippen molar-refractivity contribution >= 4 is 6.29 Å². The molecule has 2 nitrogen and oxygen atoms in total. The number of carbonyl (C=O) groups excluding carboxylic acids is 1. The molecule has 0 spiro atoms. The van der Waals surface area contributed by atoms with Crippen LogP contribution in [-0.2, 0) is 4.79 Å². The molecule has 0 aromatic rings. The van der Waals surface area contributed by atoms with Gasteiger partial charge in [0.05, 0.1) is 5.60 Å². The number of aliphatic hydroxyl groups is 1. The van der Waals surface area contributed by atoms with Gasteiger partial charge in [-0.1, -0.05) is 39.3 Å². The van der Waals surface area contributed by atoms with Crippen LogP contribution < -0.4 is 0 Å². The molecule has 8 unspecified atom stereocenters. The molecule has 4 rings (SSSR count). The lowest BCUT2D eigenvalue weighted by Gasteiger charge is -2.59. The molecule has 4 aliphatic carbocycles. The minimum Gasteiger partial charge on any atom is -0.390 e. The second-order valence-electron chi connectivity index (χ2n) is 11.5. The molecule has 0 heterocycles. The number of hydrogen-bond donors (Lipinski definition) is 1. The number of rotatable bonds is 5. The highest BCUT2D eigenvalue weighted by molar-refractivity contribution is 5.49. The summed E-state index contributed by atoms with van der Waals surface area (Å²) in [6, 6.07) is 0. The molecule has 3 fully saturated rings. The highest BCUT2D eigenvalue weighted by Crippen LogP contribution is 2.67. The van der Waals surface area contributed by atoms with E-state index in [2.05, 4.69) is 33.8 Å². The van der Waals surface area contributed by atoms with Crippen molar-refractivity contribution in [1.29, 1.82) is 0 Å². The molecular formula is C26H42O2. The molecule has 2 heteroatoms. The summed E-state index contributed by atoms with van der Waals surface area (Å²) < 4.78 is 0. The maximum atomic E-state index is 10.9. The summed E-state index contributed by atoms with van der Waals surface area (Å²) in [6.07, 6.45) is 16.2. The Labute approximate surface area is 172 Å². The lowest BCUT2D eigenvalue weighted by Crippen LogP contribution is -2.52. The molecule has 0 bridgehead atoms. The molecular weight excluding hydrogens is 344 g/mol. The fourth-order valence-electron chi connectivity index (χ4n) is 8.52. The van der Waals surface area contributed by atoms with E-state index in [-0.39, 0.29) is 0 Å². The Bertz CT molecular complexity index is 638. The van der Waals surface area contributed by atoms with Crippen LogP contribution in [0.3, 0.4) is 0 Å². The Hall–Kier alpha value is -0.630. The summed E-state index contributed by atoms with van der Waals surface area (Å²) in [5, 5.41) is 10.9.